The quantitative estimate of drug-likeness (QED) is 0.505. The molecular formula is C8H11N3O3. The number of imide groups is 1. The smallest absolute Gasteiger partial charge is 0.324 e. The molecule has 2 aliphatic rings. The number of amides is 4. The maximum Gasteiger partial charge on any atom is 0.324 e. The van der Waals surface area contributed by atoms with Crippen LogP contribution < -0.4 is 10.6 Å². The first-order valence-electron chi connectivity index (χ1n) is 4.50. The zero-order chi connectivity index (χ0) is 10.3. The van der Waals surface area contributed by atoms with Crippen molar-refractivity contribution in [1.82, 2.24) is 15.5 Å². The molecule has 14 heavy (non-hydrogen) atoms. The molecule has 76 valence electrons. The van der Waals surface area contributed by atoms with E-state index in [2.05, 4.69) is 10.6 Å². The Morgan fingerprint density at radius 2 is 2.00 bits per heavy atom. The van der Waals surface area contributed by atoms with Crippen molar-refractivity contribution in [2.45, 2.75) is 13.0 Å². The van der Waals surface area contributed by atoms with Crippen molar-refractivity contribution in [3.8, 4) is 0 Å². The molecule has 2 heterocycles. The number of rotatable bonds is 0. The Morgan fingerprint density at radius 1 is 1.29 bits per heavy atom. The van der Waals surface area contributed by atoms with Gasteiger partial charge in [-0.05, 0) is 0 Å². The van der Waals surface area contributed by atoms with Crippen molar-refractivity contribution in [3.05, 3.63) is 0 Å². The monoisotopic (exact) mass is 197 g/mol. The second-order valence-electron chi connectivity index (χ2n) is 3.51. The van der Waals surface area contributed by atoms with Gasteiger partial charge in [-0.3, -0.25) is 14.9 Å². The van der Waals surface area contributed by atoms with E-state index in [-0.39, 0.29) is 11.8 Å². The average molecular weight is 197 g/mol. The normalized spacial score (nSPS) is 32.1. The van der Waals surface area contributed by atoms with Crippen LogP contribution in [0.1, 0.15) is 6.92 Å². The fourth-order valence-electron chi connectivity index (χ4n) is 1.84. The summed E-state index contributed by atoms with van der Waals surface area (Å²) in [6, 6.07) is -1.10. The molecule has 2 aliphatic heterocycles. The van der Waals surface area contributed by atoms with E-state index in [0.717, 1.165) is 0 Å². The van der Waals surface area contributed by atoms with Gasteiger partial charge >= 0.3 is 6.03 Å². The molecule has 6 nitrogen and oxygen atoms in total. The molecule has 0 aromatic rings. The molecule has 0 spiro atoms. The Kier molecular flexibility index (Phi) is 1.90. The van der Waals surface area contributed by atoms with Crippen molar-refractivity contribution in [3.63, 3.8) is 0 Å². The molecule has 2 fully saturated rings. The first kappa shape index (κ1) is 8.98. The van der Waals surface area contributed by atoms with Gasteiger partial charge in [0.1, 0.15) is 6.04 Å². The van der Waals surface area contributed by atoms with Crippen LogP contribution in [0, 0.1) is 5.92 Å². The number of fused-ring (bicyclic) bond motifs is 1. The van der Waals surface area contributed by atoms with Crippen LogP contribution in [0.2, 0.25) is 0 Å². The van der Waals surface area contributed by atoms with Crippen LogP contribution >= 0.6 is 0 Å². The first-order chi connectivity index (χ1) is 6.61. The highest BCUT2D eigenvalue weighted by atomic mass is 16.2. The molecule has 0 bridgehead atoms. The summed E-state index contributed by atoms with van der Waals surface area (Å²) in [4.78, 5) is 35.5. The van der Waals surface area contributed by atoms with Gasteiger partial charge in [-0.25, -0.2) is 4.79 Å². The van der Waals surface area contributed by atoms with Gasteiger partial charge < -0.3 is 10.2 Å². The number of hydrogen-bond donors (Lipinski definition) is 2. The number of carbonyl (C=O) groups is 3. The highest BCUT2D eigenvalue weighted by molar-refractivity contribution is 6.04. The Morgan fingerprint density at radius 3 is 2.71 bits per heavy atom. The summed E-state index contributed by atoms with van der Waals surface area (Å²) in [5, 5.41) is 4.86. The van der Waals surface area contributed by atoms with Crippen molar-refractivity contribution in [2.75, 3.05) is 13.1 Å². The lowest BCUT2D eigenvalue weighted by Crippen LogP contribution is -2.68. The van der Waals surface area contributed by atoms with E-state index in [4.69, 9.17) is 0 Å². The predicted molar refractivity (Wildman–Crippen MR) is 46.2 cm³/mol. The lowest BCUT2D eigenvalue weighted by Gasteiger charge is -2.40. The summed E-state index contributed by atoms with van der Waals surface area (Å²) in [7, 11) is 0. The van der Waals surface area contributed by atoms with Gasteiger partial charge in [0, 0.05) is 13.1 Å². The minimum Gasteiger partial charge on any atom is -0.353 e. The molecular weight excluding hydrogens is 186 g/mol. The standard InChI is InChI=1S/C8H11N3O3/c1-4-5-7(13)9-2-3-11(5)8(14)10-6(4)12/h4-5H,2-3H2,1H3,(H,9,13)(H,10,12,14). The minimum atomic E-state index is -0.634. The SMILES string of the molecule is CC1C(=O)NC(=O)N2CCNC(=O)C12. The Labute approximate surface area is 80.6 Å². The van der Waals surface area contributed by atoms with Gasteiger partial charge in [-0.1, -0.05) is 6.92 Å². The van der Waals surface area contributed by atoms with Gasteiger partial charge in [0.15, 0.2) is 0 Å². The third-order valence-electron chi connectivity index (χ3n) is 2.63. The van der Waals surface area contributed by atoms with Gasteiger partial charge in [0.25, 0.3) is 0 Å². The minimum absolute atomic E-state index is 0.244. The van der Waals surface area contributed by atoms with Crippen LogP contribution in [0.5, 0.6) is 0 Å². The molecule has 6 heteroatoms. The zero-order valence-electron chi connectivity index (χ0n) is 7.74. The lowest BCUT2D eigenvalue weighted by molar-refractivity contribution is -0.138. The third-order valence-corrected chi connectivity index (χ3v) is 2.63. The van der Waals surface area contributed by atoms with E-state index in [1.165, 1.54) is 4.90 Å². The first-order valence-corrected chi connectivity index (χ1v) is 4.50. The largest absolute Gasteiger partial charge is 0.353 e. The highest BCUT2D eigenvalue weighted by Gasteiger charge is 2.44. The van der Waals surface area contributed by atoms with Crippen LogP contribution in [0.25, 0.3) is 0 Å². The van der Waals surface area contributed by atoms with Gasteiger partial charge in [-0.2, -0.15) is 0 Å². The Bertz CT molecular complexity index is 315. The van der Waals surface area contributed by atoms with E-state index >= 15 is 0 Å². The Hall–Kier alpha value is -1.59. The summed E-state index contributed by atoms with van der Waals surface area (Å²) in [6.45, 7) is 2.55. The van der Waals surface area contributed by atoms with Crippen LogP contribution in [0.3, 0.4) is 0 Å². The topological polar surface area (TPSA) is 78.5 Å². The third kappa shape index (κ3) is 1.14. The zero-order valence-corrected chi connectivity index (χ0v) is 7.74. The molecule has 0 aliphatic carbocycles. The van der Waals surface area contributed by atoms with Crippen LogP contribution in [0.4, 0.5) is 4.79 Å². The van der Waals surface area contributed by atoms with E-state index < -0.39 is 18.0 Å². The molecule has 0 saturated carbocycles. The summed E-state index contributed by atoms with van der Waals surface area (Å²) in [5.74, 6) is -1.10. The molecule has 2 N–H and O–H groups in total. The van der Waals surface area contributed by atoms with Crippen LogP contribution in [-0.2, 0) is 9.59 Å². The molecule has 2 atom stereocenters. The van der Waals surface area contributed by atoms with Gasteiger partial charge in [-0.15, -0.1) is 0 Å². The molecule has 2 rings (SSSR count). The number of urea groups is 1. The van der Waals surface area contributed by atoms with Crippen LogP contribution in [-0.4, -0.2) is 41.9 Å². The van der Waals surface area contributed by atoms with Gasteiger partial charge in [0.2, 0.25) is 11.8 Å². The van der Waals surface area contributed by atoms with E-state index in [1.807, 2.05) is 0 Å². The van der Waals surface area contributed by atoms with Crippen molar-refractivity contribution < 1.29 is 14.4 Å². The number of piperazine rings is 1. The number of nitrogens with one attached hydrogen (secondary N) is 2. The lowest BCUT2D eigenvalue weighted by atomic mass is 9.95. The molecule has 0 aromatic carbocycles. The highest BCUT2D eigenvalue weighted by Crippen LogP contribution is 2.18. The second-order valence-corrected chi connectivity index (χ2v) is 3.51. The maximum atomic E-state index is 11.4. The van der Waals surface area contributed by atoms with Crippen molar-refractivity contribution in [2.24, 2.45) is 5.92 Å². The van der Waals surface area contributed by atoms with E-state index in [1.54, 1.807) is 6.92 Å². The fourth-order valence-corrected chi connectivity index (χ4v) is 1.84. The van der Waals surface area contributed by atoms with Crippen molar-refractivity contribution >= 4 is 17.8 Å². The van der Waals surface area contributed by atoms with E-state index in [9.17, 15) is 14.4 Å². The molecule has 2 saturated heterocycles. The summed E-state index contributed by atoms with van der Waals surface area (Å²) in [6.07, 6.45) is 0. The fraction of sp³-hybridized carbons (Fsp3) is 0.625. The van der Waals surface area contributed by atoms with Gasteiger partial charge in [0.05, 0.1) is 5.92 Å². The predicted octanol–water partition coefficient (Wildman–Crippen LogP) is -1.33. The van der Waals surface area contributed by atoms with Crippen molar-refractivity contribution in [1.29, 1.82) is 0 Å². The summed E-state index contributed by atoms with van der Waals surface area (Å²) >= 11 is 0. The molecule has 2 unspecified atom stereocenters. The maximum absolute atomic E-state index is 11.4. The average Bonchev–Trinajstić information content (AvgIpc) is 2.14. The molecule has 0 aromatic heterocycles. The molecule has 4 amide bonds. The summed E-state index contributed by atoms with van der Waals surface area (Å²) in [5.41, 5.74) is 0. The number of carbonyl (C=O) groups excluding carboxylic acids is 3. The summed E-state index contributed by atoms with van der Waals surface area (Å²) < 4.78 is 0. The number of nitrogens with zero attached hydrogens (tertiary/aromatic N) is 1. The van der Waals surface area contributed by atoms with Crippen LogP contribution in [0.15, 0.2) is 0 Å². The van der Waals surface area contributed by atoms with E-state index in [0.29, 0.717) is 13.1 Å². The second kappa shape index (κ2) is 2.97. The molecule has 0 radical (unpaired) electrons. The Balaban J connectivity index is 2.30. The number of hydrogen-bond acceptors (Lipinski definition) is 3.